The third-order valence-corrected chi connectivity index (χ3v) is 5.62. The Morgan fingerprint density at radius 3 is 2.10 bits per heavy atom. The van der Waals surface area contributed by atoms with Crippen LogP contribution in [-0.2, 0) is 9.59 Å². The molecule has 0 bridgehead atoms. The van der Waals surface area contributed by atoms with E-state index in [2.05, 4.69) is 5.32 Å². The summed E-state index contributed by atoms with van der Waals surface area (Å²) >= 11 is 0. The monoisotopic (exact) mass is 292 g/mol. The van der Waals surface area contributed by atoms with Crippen molar-refractivity contribution in [2.75, 3.05) is 0 Å². The second-order valence-corrected chi connectivity index (χ2v) is 7.11. The van der Waals surface area contributed by atoms with Crippen molar-refractivity contribution in [3.63, 3.8) is 0 Å². The van der Waals surface area contributed by atoms with E-state index in [0.29, 0.717) is 12.0 Å². The van der Waals surface area contributed by atoms with Gasteiger partial charge < -0.3 is 10.2 Å². The Hall–Kier alpha value is -1.06. The van der Waals surface area contributed by atoms with E-state index in [1.54, 1.807) is 0 Å². The van der Waals surface area contributed by atoms with Crippen LogP contribution in [0.2, 0.25) is 0 Å². The normalized spacial score (nSPS) is 33.1. The first-order valence-electron chi connectivity index (χ1n) is 8.81. The largest absolute Gasteiger partial charge is 0.343 e. The van der Waals surface area contributed by atoms with Gasteiger partial charge in [-0.3, -0.25) is 9.59 Å². The molecule has 4 nitrogen and oxygen atoms in total. The Bertz CT molecular complexity index is 398. The van der Waals surface area contributed by atoms with Crippen molar-refractivity contribution >= 4 is 11.8 Å². The van der Waals surface area contributed by atoms with E-state index >= 15 is 0 Å². The van der Waals surface area contributed by atoms with Gasteiger partial charge in [0.2, 0.25) is 11.8 Å². The summed E-state index contributed by atoms with van der Waals surface area (Å²) in [7, 11) is 0. The Morgan fingerprint density at radius 1 is 0.905 bits per heavy atom. The van der Waals surface area contributed by atoms with Gasteiger partial charge in [0.25, 0.3) is 0 Å². The number of nitrogens with zero attached hydrogens (tertiary/aromatic N) is 1. The molecular weight excluding hydrogens is 264 g/mol. The van der Waals surface area contributed by atoms with E-state index in [0.717, 1.165) is 25.7 Å². The van der Waals surface area contributed by atoms with Gasteiger partial charge in [-0.25, -0.2) is 0 Å². The molecule has 0 aromatic carbocycles. The van der Waals surface area contributed by atoms with Crippen LogP contribution >= 0.6 is 0 Å². The standard InChI is InChI=1S/C17H28N2O2/c1-12-17(21)19(14-10-6-3-7-11-14)15(16(20)18-12)13-8-4-2-5-9-13/h12-15H,2-11H2,1H3,(H,18,20). The van der Waals surface area contributed by atoms with Crippen molar-refractivity contribution in [3.8, 4) is 0 Å². The zero-order chi connectivity index (χ0) is 14.8. The number of hydrogen-bond donors (Lipinski definition) is 1. The van der Waals surface area contributed by atoms with Crippen molar-refractivity contribution in [3.05, 3.63) is 0 Å². The van der Waals surface area contributed by atoms with E-state index in [-0.39, 0.29) is 23.9 Å². The minimum absolute atomic E-state index is 0.0968. The molecule has 3 fully saturated rings. The summed E-state index contributed by atoms with van der Waals surface area (Å²) in [4.78, 5) is 27.3. The minimum Gasteiger partial charge on any atom is -0.343 e. The maximum atomic E-state index is 12.7. The molecular formula is C17H28N2O2. The number of hydrogen-bond acceptors (Lipinski definition) is 2. The van der Waals surface area contributed by atoms with Gasteiger partial charge in [-0.1, -0.05) is 38.5 Å². The van der Waals surface area contributed by atoms with Crippen molar-refractivity contribution in [1.82, 2.24) is 10.2 Å². The first-order valence-corrected chi connectivity index (χ1v) is 8.81. The molecule has 2 saturated carbocycles. The quantitative estimate of drug-likeness (QED) is 0.850. The highest BCUT2D eigenvalue weighted by Crippen LogP contribution is 2.34. The van der Waals surface area contributed by atoms with Gasteiger partial charge >= 0.3 is 0 Å². The van der Waals surface area contributed by atoms with Crippen LogP contribution in [0.3, 0.4) is 0 Å². The van der Waals surface area contributed by atoms with Gasteiger partial charge in [-0.15, -0.1) is 0 Å². The van der Waals surface area contributed by atoms with Gasteiger partial charge in [-0.2, -0.15) is 0 Å². The van der Waals surface area contributed by atoms with Crippen LogP contribution in [0, 0.1) is 5.92 Å². The van der Waals surface area contributed by atoms with Crippen LogP contribution in [0.4, 0.5) is 0 Å². The highest BCUT2D eigenvalue weighted by Gasteiger charge is 2.45. The van der Waals surface area contributed by atoms with E-state index in [1.165, 1.54) is 38.5 Å². The lowest BCUT2D eigenvalue weighted by molar-refractivity contribution is -0.155. The van der Waals surface area contributed by atoms with Crippen molar-refractivity contribution in [2.45, 2.75) is 89.3 Å². The SMILES string of the molecule is CC1NC(=O)C(C2CCCCC2)N(C2CCCCC2)C1=O. The summed E-state index contributed by atoms with van der Waals surface area (Å²) in [5.74, 6) is 0.619. The molecule has 2 amide bonds. The van der Waals surface area contributed by atoms with Crippen LogP contribution < -0.4 is 5.32 Å². The van der Waals surface area contributed by atoms with E-state index in [1.807, 2.05) is 11.8 Å². The Balaban J connectivity index is 1.84. The molecule has 0 spiro atoms. The van der Waals surface area contributed by atoms with Crippen molar-refractivity contribution < 1.29 is 9.59 Å². The molecule has 0 radical (unpaired) electrons. The molecule has 3 aliphatic rings. The molecule has 0 aromatic rings. The molecule has 0 aromatic heterocycles. The number of carbonyl (C=O) groups is 2. The summed E-state index contributed by atoms with van der Waals surface area (Å²) in [6, 6.07) is -0.247. The lowest BCUT2D eigenvalue weighted by Crippen LogP contribution is -2.67. The Morgan fingerprint density at radius 2 is 1.48 bits per heavy atom. The molecule has 21 heavy (non-hydrogen) atoms. The van der Waals surface area contributed by atoms with Crippen LogP contribution in [-0.4, -0.2) is 34.8 Å². The van der Waals surface area contributed by atoms with Gasteiger partial charge in [0, 0.05) is 6.04 Å². The molecule has 3 rings (SSSR count). The van der Waals surface area contributed by atoms with E-state index in [9.17, 15) is 9.59 Å². The van der Waals surface area contributed by atoms with Gasteiger partial charge in [0.1, 0.15) is 12.1 Å². The molecule has 1 N–H and O–H groups in total. The lowest BCUT2D eigenvalue weighted by atomic mass is 9.80. The van der Waals surface area contributed by atoms with E-state index < -0.39 is 0 Å². The average molecular weight is 292 g/mol. The van der Waals surface area contributed by atoms with Crippen LogP contribution in [0.1, 0.15) is 71.1 Å². The van der Waals surface area contributed by atoms with Crippen molar-refractivity contribution in [2.24, 2.45) is 5.92 Å². The molecule has 1 saturated heterocycles. The summed E-state index contributed by atoms with van der Waals surface area (Å²) < 4.78 is 0. The first-order chi connectivity index (χ1) is 10.2. The Kier molecular flexibility index (Phi) is 4.51. The fraction of sp³-hybridized carbons (Fsp3) is 0.882. The zero-order valence-corrected chi connectivity index (χ0v) is 13.1. The summed E-state index contributed by atoms with van der Waals surface area (Å²) in [6.07, 6.45) is 11.7. The van der Waals surface area contributed by atoms with Crippen molar-refractivity contribution in [1.29, 1.82) is 0 Å². The number of carbonyl (C=O) groups excluding carboxylic acids is 2. The molecule has 2 unspecified atom stereocenters. The van der Waals surface area contributed by atoms with Crippen LogP contribution in [0.25, 0.3) is 0 Å². The van der Waals surface area contributed by atoms with Gasteiger partial charge in [-0.05, 0) is 38.5 Å². The minimum atomic E-state index is -0.348. The fourth-order valence-electron chi connectivity index (χ4n) is 4.50. The third kappa shape index (κ3) is 2.95. The molecule has 2 aliphatic carbocycles. The van der Waals surface area contributed by atoms with Gasteiger partial charge in [0.05, 0.1) is 0 Å². The molecule has 118 valence electrons. The Labute approximate surface area is 127 Å². The first kappa shape index (κ1) is 14.9. The summed E-state index contributed by atoms with van der Waals surface area (Å²) in [5, 5.41) is 2.92. The van der Waals surface area contributed by atoms with Crippen LogP contribution in [0.15, 0.2) is 0 Å². The molecule has 1 heterocycles. The fourth-order valence-corrected chi connectivity index (χ4v) is 4.50. The predicted molar refractivity (Wildman–Crippen MR) is 81.7 cm³/mol. The maximum Gasteiger partial charge on any atom is 0.245 e. The summed E-state index contributed by atoms with van der Waals surface area (Å²) in [6.45, 7) is 1.83. The topological polar surface area (TPSA) is 49.4 Å². The number of rotatable bonds is 2. The number of piperazine rings is 1. The highest BCUT2D eigenvalue weighted by atomic mass is 16.2. The zero-order valence-electron chi connectivity index (χ0n) is 13.1. The predicted octanol–water partition coefficient (Wildman–Crippen LogP) is 2.61. The second kappa shape index (κ2) is 6.37. The van der Waals surface area contributed by atoms with E-state index in [4.69, 9.17) is 0 Å². The highest BCUT2D eigenvalue weighted by molar-refractivity contribution is 5.97. The smallest absolute Gasteiger partial charge is 0.245 e. The molecule has 2 atom stereocenters. The molecule has 4 heteroatoms. The number of nitrogens with one attached hydrogen (secondary N) is 1. The third-order valence-electron chi connectivity index (χ3n) is 5.62. The maximum absolute atomic E-state index is 12.7. The van der Waals surface area contributed by atoms with Crippen LogP contribution in [0.5, 0.6) is 0 Å². The second-order valence-electron chi connectivity index (χ2n) is 7.11. The molecule has 1 aliphatic heterocycles. The van der Waals surface area contributed by atoms with Gasteiger partial charge in [0.15, 0.2) is 0 Å². The average Bonchev–Trinajstić information content (AvgIpc) is 2.52. The number of amides is 2. The summed E-state index contributed by atoms with van der Waals surface area (Å²) in [5.41, 5.74) is 0. The lowest BCUT2D eigenvalue weighted by Gasteiger charge is -2.47.